The molecule has 124 valence electrons. The molecule has 2 rings (SSSR count). The van der Waals surface area contributed by atoms with Crippen molar-refractivity contribution >= 4 is 27.3 Å². The Bertz CT molecular complexity index is 766. The van der Waals surface area contributed by atoms with Crippen LogP contribution in [-0.4, -0.2) is 21.5 Å². The summed E-state index contributed by atoms with van der Waals surface area (Å²) in [5.41, 5.74) is 1.86. The van der Waals surface area contributed by atoms with E-state index in [-0.39, 0.29) is 19.9 Å². The number of fused-ring (bicyclic) bond motifs is 1. The summed E-state index contributed by atoms with van der Waals surface area (Å²) in [5.74, 6) is 0. The molecule has 1 aliphatic rings. The summed E-state index contributed by atoms with van der Waals surface area (Å²) in [4.78, 5) is 0. The summed E-state index contributed by atoms with van der Waals surface area (Å²) < 4.78 is 9.97. The van der Waals surface area contributed by atoms with Gasteiger partial charge in [-0.25, -0.2) is 0 Å². The summed E-state index contributed by atoms with van der Waals surface area (Å²) in [6.07, 6.45) is 4.10. The van der Waals surface area contributed by atoms with E-state index in [1.807, 2.05) is 55.8 Å². The van der Waals surface area contributed by atoms with Crippen LogP contribution in [0.15, 0.2) is 30.3 Å². The van der Waals surface area contributed by atoms with Crippen LogP contribution >= 0.6 is 17.0 Å². The molecule has 0 saturated carbocycles. The first kappa shape index (κ1) is 18.6. The van der Waals surface area contributed by atoms with E-state index < -0.39 is 13.2 Å². The van der Waals surface area contributed by atoms with Gasteiger partial charge >= 0.3 is 136 Å². The van der Waals surface area contributed by atoms with Crippen molar-refractivity contribution in [2.75, 3.05) is 6.61 Å². The maximum atomic E-state index is 9.78. The molecule has 0 heterocycles. The number of nitrogens with one attached hydrogen (secondary N) is 1. The second-order valence-corrected chi connectivity index (χ2v) is 50.1. The van der Waals surface area contributed by atoms with E-state index in [4.69, 9.17) is 17.0 Å². The van der Waals surface area contributed by atoms with Gasteiger partial charge in [0.15, 0.2) is 0 Å². The zero-order chi connectivity index (χ0) is 17.0. The predicted octanol–water partition coefficient (Wildman–Crippen LogP) is 5.02. The standard InChI is InChI=1S/C9H7.C4H10N.C2H5O.CH3.CH2.2ClH.Zr/c1-2-5-9-7-3-6-8(9)4-1;1-4(2,3)5;1-2-3;;;;;/h1-7H;5H,1-3H3;3H,1-2H2;1H3;1H2;2*1H;/q;-1;;;;;;+3/p-2. The van der Waals surface area contributed by atoms with E-state index in [1.54, 1.807) is 0 Å². The number of aliphatic hydroxyl groups is 1. The Balaban J connectivity index is 2.80. The van der Waals surface area contributed by atoms with Gasteiger partial charge in [0.25, 0.3) is 0 Å². The van der Waals surface area contributed by atoms with Gasteiger partial charge in [-0.3, -0.25) is 0 Å². The van der Waals surface area contributed by atoms with Crippen LogP contribution in [0.4, 0.5) is 0 Å². The van der Waals surface area contributed by atoms with Crippen molar-refractivity contribution in [2.45, 2.75) is 38.7 Å². The number of halogens is 2. The van der Waals surface area contributed by atoms with Crippen LogP contribution in [0, 0.1) is 0 Å². The first-order valence-corrected chi connectivity index (χ1v) is 22.7. The Morgan fingerprint density at radius 3 is 2.41 bits per heavy atom. The van der Waals surface area contributed by atoms with Crippen LogP contribution in [0.2, 0.25) is 8.76 Å². The zero-order valence-electron chi connectivity index (χ0n) is 13.9. The Hall–Kier alpha value is 0.213. The van der Waals surface area contributed by atoms with Gasteiger partial charge < -0.3 is 0 Å². The van der Waals surface area contributed by atoms with Crippen LogP contribution in [0.25, 0.3) is 6.08 Å². The Labute approximate surface area is 135 Å². The van der Waals surface area contributed by atoms with Gasteiger partial charge in [0, 0.05) is 0 Å². The molecule has 0 spiro atoms. The van der Waals surface area contributed by atoms with Gasteiger partial charge in [-0.15, -0.1) is 0 Å². The SMILES string of the molecule is [CH2]=[Zr]([CH3])([Cl])([Cl])([CH2]CO)([NH]C(C)(C)C)[CH]1C=Cc2ccccc21. The van der Waals surface area contributed by atoms with Gasteiger partial charge in [-0.2, -0.15) is 0 Å². The monoisotopic (exact) mass is 421 g/mol. The fourth-order valence-corrected chi connectivity index (χ4v) is 26.6. The van der Waals surface area contributed by atoms with Crippen molar-refractivity contribution in [3.05, 3.63) is 41.5 Å². The van der Waals surface area contributed by atoms with Crippen LogP contribution in [0.1, 0.15) is 35.5 Å². The molecule has 0 bridgehead atoms. The second kappa shape index (κ2) is 4.24. The average Bonchev–Trinajstić information content (AvgIpc) is 2.69. The van der Waals surface area contributed by atoms with Gasteiger partial charge in [-0.1, -0.05) is 0 Å². The molecule has 0 saturated heterocycles. The van der Waals surface area contributed by atoms with Gasteiger partial charge in [0.2, 0.25) is 0 Å². The molecule has 0 aromatic heterocycles. The molecule has 2 nitrogen and oxygen atoms in total. The van der Waals surface area contributed by atoms with Crippen molar-refractivity contribution < 1.29 is 18.3 Å². The number of hydrogen-bond acceptors (Lipinski definition) is 2. The van der Waals surface area contributed by atoms with Crippen LogP contribution < -0.4 is 3.26 Å². The van der Waals surface area contributed by atoms with E-state index in [2.05, 4.69) is 13.5 Å². The molecule has 22 heavy (non-hydrogen) atoms. The molecule has 0 amide bonds. The Morgan fingerprint density at radius 1 is 1.27 bits per heavy atom. The summed E-state index contributed by atoms with van der Waals surface area (Å²) in [5, 5.41) is 9.78. The van der Waals surface area contributed by atoms with Crippen molar-refractivity contribution in [2.24, 2.45) is 0 Å². The van der Waals surface area contributed by atoms with Gasteiger partial charge in [-0.05, 0) is 0 Å². The molecule has 0 fully saturated rings. The minimum atomic E-state index is -5.80. The topological polar surface area (TPSA) is 32.3 Å². The summed E-state index contributed by atoms with van der Waals surface area (Å²) in [7, 11) is 14.9. The third-order valence-electron chi connectivity index (χ3n) is 4.78. The summed E-state index contributed by atoms with van der Waals surface area (Å²) in [6, 6.07) is 8.08. The predicted molar refractivity (Wildman–Crippen MR) is 97.7 cm³/mol. The van der Waals surface area contributed by atoms with Crippen molar-refractivity contribution in [3.63, 3.8) is 0 Å². The Kier molecular flexibility index (Phi) is 3.57. The van der Waals surface area contributed by atoms with E-state index >= 15 is 0 Å². The quantitative estimate of drug-likeness (QED) is 0.713. The number of rotatable bonds is 4. The normalized spacial score (nSPS) is 23.2. The minimum absolute atomic E-state index is 0.107. The van der Waals surface area contributed by atoms with E-state index in [9.17, 15) is 5.11 Å². The fourth-order valence-electron chi connectivity index (χ4n) is 4.27. The summed E-state index contributed by atoms with van der Waals surface area (Å²) >= 11 is -5.80. The molecule has 1 unspecified atom stereocenters. The average molecular weight is 424 g/mol. The fraction of sp³-hybridized carbons (Fsp3) is 0.471. The molecule has 5 heteroatoms. The van der Waals surface area contributed by atoms with Crippen LogP contribution in [-0.2, 0) is 13.2 Å². The molecule has 1 aliphatic carbocycles. The van der Waals surface area contributed by atoms with Gasteiger partial charge in [0.1, 0.15) is 0 Å². The van der Waals surface area contributed by atoms with Gasteiger partial charge in [0.05, 0.1) is 0 Å². The first-order chi connectivity index (χ1) is 9.62. The number of hydrogen-bond donors (Lipinski definition) is 2. The third-order valence-corrected chi connectivity index (χ3v) is 26.8. The summed E-state index contributed by atoms with van der Waals surface area (Å²) in [6.45, 7) is 5.98. The van der Waals surface area contributed by atoms with E-state index in [0.717, 1.165) is 11.1 Å². The Morgan fingerprint density at radius 2 is 1.86 bits per heavy atom. The molecule has 1 aromatic rings. The van der Waals surface area contributed by atoms with Crippen molar-refractivity contribution in [3.8, 4) is 0 Å². The molecule has 0 aliphatic heterocycles. The maximum absolute atomic E-state index is 9.78. The molecular weight excluding hydrogens is 396 g/mol. The van der Waals surface area contributed by atoms with Crippen molar-refractivity contribution in [1.29, 1.82) is 0 Å². The number of aliphatic hydroxyl groups excluding tert-OH is 1. The van der Waals surface area contributed by atoms with Crippen molar-refractivity contribution in [1.82, 2.24) is 3.26 Å². The molecular formula is C17H27Cl2NOZr. The molecule has 2 N–H and O–H groups in total. The van der Waals surface area contributed by atoms with Crippen LogP contribution in [0.5, 0.6) is 0 Å². The molecule has 0 radical (unpaired) electrons. The van der Waals surface area contributed by atoms with E-state index in [1.165, 1.54) is 0 Å². The second-order valence-electron chi connectivity index (χ2n) is 9.11. The van der Waals surface area contributed by atoms with Crippen LogP contribution in [0.3, 0.4) is 0 Å². The van der Waals surface area contributed by atoms with E-state index in [0.29, 0.717) is 0 Å². The first-order valence-electron chi connectivity index (χ1n) is 7.76. The number of benzene rings is 1. The molecule has 1 aromatic carbocycles. The zero-order valence-corrected chi connectivity index (χ0v) is 17.8. The number of allylic oxidation sites excluding steroid dienone is 1. The third kappa shape index (κ3) is 3.21. The molecule has 1 atom stereocenters.